The van der Waals surface area contributed by atoms with Crippen molar-refractivity contribution in [3.63, 3.8) is 0 Å². The van der Waals surface area contributed by atoms with Crippen LogP contribution in [-0.2, 0) is 11.2 Å². The number of carbonyl (C=O) groups is 1. The van der Waals surface area contributed by atoms with Gasteiger partial charge in [0.1, 0.15) is 0 Å². The summed E-state index contributed by atoms with van der Waals surface area (Å²) < 4.78 is 5.30. The van der Waals surface area contributed by atoms with Crippen LogP contribution in [0.5, 0.6) is 0 Å². The summed E-state index contributed by atoms with van der Waals surface area (Å²) in [6.07, 6.45) is 1.81. The molecule has 6 heteroatoms. The normalized spacial score (nSPS) is 10.6. The second-order valence-corrected chi connectivity index (χ2v) is 6.02. The highest BCUT2D eigenvalue weighted by Crippen LogP contribution is 2.25. The third kappa shape index (κ3) is 3.21. The average molecular weight is 333 g/mol. The van der Waals surface area contributed by atoms with E-state index in [0.29, 0.717) is 16.5 Å². The quantitative estimate of drug-likeness (QED) is 0.762. The third-order valence-electron chi connectivity index (χ3n) is 3.17. The molecule has 2 aromatic heterocycles. The zero-order chi connectivity index (χ0) is 15.5. The minimum atomic E-state index is -0.123. The molecule has 0 aliphatic rings. The number of benzene rings is 1. The lowest BCUT2D eigenvalue weighted by molar-refractivity contribution is -0.115. The number of nitrogens with one attached hydrogen (secondary N) is 1. The highest BCUT2D eigenvalue weighted by Gasteiger charge is 2.12. The molecule has 2 heterocycles. The summed E-state index contributed by atoms with van der Waals surface area (Å²) in [5, 5.41) is 6.13. The van der Waals surface area contributed by atoms with Crippen molar-refractivity contribution in [1.82, 2.24) is 4.98 Å². The number of anilines is 1. The fourth-order valence-electron chi connectivity index (χ4n) is 2.00. The van der Waals surface area contributed by atoms with Gasteiger partial charge in [0.05, 0.1) is 18.4 Å². The van der Waals surface area contributed by atoms with E-state index in [1.165, 1.54) is 11.3 Å². The molecule has 1 aromatic carbocycles. The Morgan fingerprint density at radius 3 is 3.00 bits per heavy atom. The van der Waals surface area contributed by atoms with Crippen LogP contribution in [0, 0.1) is 6.92 Å². The molecule has 0 saturated heterocycles. The Morgan fingerprint density at radius 1 is 1.36 bits per heavy atom. The van der Waals surface area contributed by atoms with E-state index in [1.54, 1.807) is 12.3 Å². The van der Waals surface area contributed by atoms with E-state index in [9.17, 15) is 4.79 Å². The smallest absolute Gasteiger partial charge is 0.230 e. The van der Waals surface area contributed by atoms with Gasteiger partial charge in [-0.2, -0.15) is 0 Å². The van der Waals surface area contributed by atoms with Crippen molar-refractivity contribution in [2.75, 3.05) is 5.32 Å². The van der Waals surface area contributed by atoms with Crippen LogP contribution < -0.4 is 5.32 Å². The first-order valence-corrected chi connectivity index (χ1v) is 7.92. The summed E-state index contributed by atoms with van der Waals surface area (Å²) in [5.74, 6) is 0.587. The standard InChI is InChI=1S/C16H13ClN2O2S/c1-10-12(17)4-2-5-13(10)19-15(20)8-11-9-22-16(18-11)14-6-3-7-21-14/h2-7,9H,8H2,1H3,(H,19,20). The van der Waals surface area contributed by atoms with Crippen LogP contribution in [0.3, 0.4) is 0 Å². The van der Waals surface area contributed by atoms with Crippen molar-refractivity contribution in [1.29, 1.82) is 0 Å². The average Bonchev–Trinajstić information content (AvgIpc) is 3.14. The number of furan rings is 1. The van der Waals surface area contributed by atoms with Crippen molar-refractivity contribution in [3.8, 4) is 10.8 Å². The maximum absolute atomic E-state index is 12.1. The molecule has 1 amide bonds. The second-order valence-electron chi connectivity index (χ2n) is 4.76. The first-order valence-electron chi connectivity index (χ1n) is 6.67. The predicted octanol–water partition coefficient (Wildman–Crippen LogP) is 4.55. The van der Waals surface area contributed by atoms with Gasteiger partial charge in [0.15, 0.2) is 10.8 Å². The molecule has 0 unspecified atom stereocenters. The van der Waals surface area contributed by atoms with Crippen molar-refractivity contribution in [2.24, 2.45) is 0 Å². The molecule has 0 saturated carbocycles. The molecule has 22 heavy (non-hydrogen) atoms. The molecule has 0 radical (unpaired) electrons. The number of thiazole rings is 1. The molecule has 4 nitrogen and oxygen atoms in total. The number of hydrogen-bond donors (Lipinski definition) is 1. The Morgan fingerprint density at radius 2 is 2.23 bits per heavy atom. The predicted molar refractivity (Wildman–Crippen MR) is 88.3 cm³/mol. The molecular weight excluding hydrogens is 320 g/mol. The van der Waals surface area contributed by atoms with Gasteiger partial charge in [-0.1, -0.05) is 17.7 Å². The number of amides is 1. The number of nitrogens with zero attached hydrogens (tertiary/aromatic N) is 1. The van der Waals surface area contributed by atoms with Gasteiger partial charge in [-0.15, -0.1) is 11.3 Å². The van der Waals surface area contributed by atoms with Gasteiger partial charge in [-0.05, 0) is 36.8 Å². The summed E-state index contributed by atoms with van der Waals surface area (Å²) in [6, 6.07) is 9.09. The summed E-state index contributed by atoms with van der Waals surface area (Å²) in [4.78, 5) is 16.5. The Hall–Kier alpha value is -2.11. The maximum Gasteiger partial charge on any atom is 0.230 e. The fourth-order valence-corrected chi connectivity index (χ4v) is 2.96. The van der Waals surface area contributed by atoms with Crippen molar-refractivity contribution >= 4 is 34.5 Å². The monoisotopic (exact) mass is 332 g/mol. The van der Waals surface area contributed by atoms with Crippen LogP contribution in [0.2, 0.25) is 5.02 Å². The lowest BCUT2D eigenvalue weighted by atomic mass is 10.2. The molecule has 3 rings (SSSR count). The fraction of sp³-hybridized carbons (Fsp3) is 0.125. The molecule has 1 N–H and O–H groups in total. The largest absolute Gasteiger partial charge is 0.462 e. The van der Waals surface area contributed by atoms with Crippen LogP contribution in [-0.4, -0.2) is 10.9 Å². The van der Waals surface area contributed by atoms with Crippen molar-refractivity contribution in [3.05, 3.63) is 58.3 Å². The number of aromatic nitrogens is 1. The first-order chi connectivity index (χ1) is 10.6. The van der Waals surface area contributed by atoms with Crippen LogP contribution in [0.15, 0.2) is 46.4 Å². The lowest BCUT2D eigenvalue weighted by Crippen LogP contribution is -2.15. The molecule has 0 bridgehead atoms. The highest BCUT2D eigenvalue weighted by molar-refractivity contribution is 7.13. The van der Waals surface area contributed by atoms with E-state index in [2.05, 4.69) is 10.3 Å². The molecule has 0 atom stereocenters. The van der Waals surface area contributed by atoms with Crippen molar-refractivity contribution in [2.45, 2.75) is 13.3 Å². The Bertz CT molecular complexity index is 796. The van der Waals surface area contributed by atoms with Crippen LogP contribution >= 0.6 is 22.9 Å². The van der Waals surface area contributed by atoms with Gasteiger partial charge in [-0.25, -0.2) is 4.98 Å². The summed E-state index contributed by atoms with van der Waals surface area (Å²) in [7, 11) is 0. The topological polar surface area (TPSA) is 55.1 Å². The number of halogens is 1. The summed E-state index contributed by atoms with van der Waals surface area (Å²) in [5.41, 5.74) is 2.29. The molecule has 0 aliphatic heterocycles. The van der Waals surface area contributed by atoms with E-state index >= 15 is 0 Å². The van der Waals surface area contributed by atoms with E-state index in [-0.39, 0.29) is 12.3 Å². The third-order valence-corrected chi connectivity index (χ3v) is 4.48. The van der Waals surface area contributed by atoms with Gasteiger partial charge < -0.3 is 9.73 Å². The van der Waals surface area contributed by atoms with E-state index in [4.69, 9.17) is 16.0 Å². The minimum Gasteiger partial charge on any atom is -0.462 e. The highest BCUT2D eigenvalue weighted by atomic mass is 35.5. The number of carbonyl (C=O) groups excluding carboxylic acids is 1. The van der Waals surface area contributed by atoms with E-state index in [0.717, 1.165) is 16.3 Å². The second kappa shape index (κ2) is 6.34. The Balaban J connectivity index is 1.68. The molecule has 0 fully saturated rings. The summed E-state index contributed by atoms with van der Waals surface area (Å²) >= 11 is 7.50. The molecule has 3 aromatic rings. The van der Waals surface area contributed by atoms with Crippen LogP contribution in [0.1, 0.15) is 11.3 Å². The van der Waals surface area contributed by atoms with Crippen LogP contribution in [0.25, 0.3) is 10.8 Å². The first kappa shape index (κ1) is 14.8. The molecular formula is C16H13ClN2O2S. The molecule has 112 valence electrons. The van der Waals surface area contributed by atoms with Crippen LogP contribution in [0.4, 0.5) is 5.69 Å². The zero-order valence-corrected chi connectivity index (χ0v) is 13.4. The lowest BCUT2D eigenvalue weighted by Gasteiger charge is -2.08. The molecule has 0 aliphatic carbocycles. The zero-order valence-electron chi connectivity index (χ0n) is 11.8. The van der Waals surface area contributed by atoms with Gasteiger partial charge in [0.25, 0.3) is 0 Å². The van der Waals surface area contributed by atoms with Gasteiger partial charge in [-0.3, -0.25) is 4.79 Å². The Kier molecular flexibility index (Phi) is 4.27. The van der Waals surface area contributed by atoms with E-state index in [1.807, 2.05) is 36.6 Å². The van der Waals surface area contributed by atoms with E-state index < -0.39 is 0 Å². The van der Waals surface area contributed by atoms with Crippen molar-refractivity contribution < 1.29 is 9.21 Å². The van der Waals surface area contributed by atoms with Gasteiger partial charge >= 0.3 is 0 Å². The maximum atomic E-state index is 12.1. The molecule has 0 spiro atoms. The SMILES string of the molecule is Cc1c(Cl)cccc1NC(=O)Cc1csc(-c2ccco2)n1. The minimum absolute atomic E-state index is 0.123. The Labute approximate surface area is 136 Å². The summed E-state index contributed by atoms with van der Waals surface area (Å²) in [6.45, 7) is 1.87. The van der Waals surface area contributed by atoms with Gasteiger partial charge in [0, 0.05) is 16.1 Å². The number of hydrogen-bond acceptors (Lipinski definition) is 4. The number of rotatable bonds is 4. The van der Waals surface area contributed by atoms with Gasteiger partial charge in [0.2, 0.25) is 5.91 Å².